The lowest BCUT2D eigenvalue weighted by Crippen LogP contribution is -2.12. The van der Waals surface area contributed by atoms with Crippen LogP contribution in [0.1, 0.15) is 11.3 Å². The van der Waals surface area contributed by atoms with E-state index in [1.165, 1.54) is 46.9 Å². The van der Waals surface area contributed by atoms with Gasteiger partial charge in [-0.05, 0) is 34.7 Å². The van der Waals surface area contributed by atoms with Crippen LogP contribution in [0.5, 0.6) is 5.75 Å². The summed E-state index contributed by atoms with van der Waals surface area (Å²) in [5.41, 5.74) is -0.525. The molecule has 1 N–H and O–H groups in total. The third-order valence-corrected chi connectivity index (χ3v) is 3.47. The summed E-state index contributed by atoms with van der Waals surface area (Å²) in [4.78, 5) is 0. The van der Waals surface area contributed by atoms with Crippen LogP contribution in [0, 0.1) is 14.9 Å². The highest BCUT2D eigenvalue weighted by Crippen LogP contribution is 2.38. The summed E-state index contributed by atoms with van der Waals surface area (Å²) >= 11 is 1.37. The SMILES string of the molecule is N#Cc1ccc(-c2nnc(C(F)(F)F)c(I)c2O)cc1. The van der Waals surface area contributed by atoms with Crippen LogP contribution in [-0.2, 0) is 6.18 Å². The molecule has 1 aromatic carbocycles. The molecule has 0 radical (unpaired) electrons. The first-order chi connectivity index (χ1) is 9.34. The van der Waals surface area contributed by atoms with E-state index in [0.717, 1.165) is 0 Å². The molecule has 2 aromatic rings. The zero-order valence-corrected chi connectivity index (χ0v) is 11.8. The number of nitriles is 1. The third kappa shape index (κ3) is 2.67. The van der Waals surface area contributed by atoms with Crippen molar-refractivity contribution < 1.29 is 18.3 Å². The van der Waals surface area contributed by atoms with Crippen molar-refractivity contribution in [3.05, 3.63) is 39.1 Å². The number of hydrogen-bond donors (Lipinski definition) is 1. The Bertz CT molecular complexity index is 693. The summed E-state index contributed by atoms with van der Waals surface area (Å²) in [6, 6.07) is 7.81. The van der Waals surface area contributed by atoms with Gasteiger partial charge in [0.2, 0.25) is 0 Å². The quantitative estimate of drug-likeness (QED) is 0.758. The van der Waals surface area contributed by atoms with Gasteiger partial charge < -0.3 is 5.11 Å². The van der Waals surface area contributed by atoms with Crippen molar-refractivity contribution in [1.82, 2.24) is 10.2 Å². The normalized spacial score (nSPS) is 11.2. The maximum atomic E-state index is 12.6. The average Bonchev–Trinajstić information content (AvgIpc) is 2.40. The molecule has 8 heteroatoms. The fraction of sp³-hybridized carbons (Fsp3) is 0.0833. The molecule has 2 rings (SSSR count). The Balaban J connectivity index is 2.54. The second-order valence-corrected chi connectivity index (χ2v) is 4.83. The van der Waals surface area contributed by atoms with Gasteiger partial charge in [-0.1, -0.05) is 12.1 Å². The van der Waals surface area contributed by atoms with Crippen LogP contribution in [-0.4, -0.2) is 15.3 Å². The van der Waals surface area contributed by atoms with E-state index < -0.39 is 21.2 Å². The molecular formula is C12H5F3IN3O. The molecule has 1 aromatic heterocycles. The minimum Gasteiger partial charge on any atom is -0.504 e. The van der Waals surface area contributed by atoms with Gasteiger partial charge in [-0.3, -0.25) is 0 Å². The number of benzene rings is 1. The topological polar surface area (TPSA) is 69.8 Å². The van der Waals surface area contributed by atoms with E-state index in [-0.39, 0.29) is 5.69 Å². The molecule has 0 unspecified atom stereocenters. The molecule has 1 heterocycles. The summed E-state index contributed by atoms with van der Waals surface area (Å²) in [5.74, 6) is -0.586. The number of aromatic hydroxyl groups is 1. The Hall–Kier alpha value is -1.89. The molecule has 4 nitrogen and oxygen atoms in total. The van der Waals surface area contributed by atoms with E-state index >= 15 is 0 Å². The molecule has 0 amide bonds. The first-order valence-electron chi connectivity index (χ1n) is 5.17. The second kappa shape index (κ2) is 5.24. The van der Waals surface area contributed by atoms with Crippen molar-refractivity contribution in [2.24, 2.45) is 0 Å². The van der Waals surface area contributed by atoms with E-state index in [1.54, 1.807) is 0 Å². The maximum absolute atomic E-state index is 12.6. The van der Waals surface area contributed by atoms with Gasteiger partial charge in [0.05, 0.1) is 15.2 Å². The first-order valence-corrected chi connectivity index (χ1v) is 6.25. The lowest BCUT2D eigenvalue weighted by molar-refractivity contribution is -0.142. The highest BCUT2D eigenvalue weighted by atomic mass is 127. The highest BCUT2D eigenvalue weighted by Gasteiger charge is 2.37. The van der Waals surface area contributed by atoms with Crippen molar-refractivity contribution >= 4 is 22.6 Å². The number of alkyl halides is 3. The molecule has 0 fully saturated rings. The number of halogens is 4. The fourth-order valence-electron chi connectivity index (χ4n) is 1.49. The lowest BCUT2D eigenvalue weighted by atomic mass is 10.1. The van der Waals surface area contributed by atoms with Gasteiger partial charge in [-0.25, -0.2) is 0 Å². The predicted octanol–water partition coefficient (Wildman–Crippen LogP) is 3.34. The average molecular weight is 391 g/mol. The predicted molar refractivity (Wildman–Crippen MR) is 71.6 cm³/mol. The van der Waals surface area contributed by atoms with Gasteiger partial charge in [0.15, 0.2) is 11.4 Å². The Labute approximate surface area is 125 Å². The first kappa shape index (κ1) is 14.5. The zero-order chi connectivity index (χ0) is 14.9. The molecular weight excluding hydrogens is 386 g/mol. The Kier molecular flexibility index (Phi) is 3.80. The smallest absolute Gasteiger partial charge is 0.436 e. The van der Waals surface area contributed by atoms with Crippen LogP contribution in [0.4, 0.5) is 13.2 Å². The van der Waals surface area contributed by atoms with Crippen LogP contribution in [0.15, 0.2) is 24.3 Å². The zero-order valence-electron chi connectivity index (χ0n) is 9.61. The van der Waals surface area contributed by atoms with E-state index in [0.29, 0.717) is 11.1 Å². The molecule has 0 aliphatic heterocycles. The van der Waals surface area contributed by atoms with Crippen molar-refractivity contribution in [3.8, 4) is 23.1 Å². The largest absolute Gasteiger partial charge is 0.504 e. The molecule has 0 atom stereocenters. The molecule has 0 bridgehead atoms. The van der Waals surface area contributed by atoms with E-state index in [9.17, 15) is 18.3 Å². The molecule has 20 heavy (non-hydrogen) atoms. The molecule has 0 aliphatic rings. The Morgan fingerprint density at radius 2 is 1.75 bits per heavy atom. The summed E-state index contributed by atoms with van der Waals surface area (Å²) in [7, 11) is 0. The van der Waals surface area contributed by atoms with Crippen LogP contribution in [0.25, 0.3) is 11.3 Å². The van der Waals surface area contributed by atoms with Crippen molar-refractivity contribution in [2.75, 3.05) is 0 Å². The fourth-order valence-corrected chi connectivity index (χ4v) is 2.15. The number of rotatable bonds is 1. The van der Waals surface area contributed by atoms with Crippen molar-refractivity contribution in [3.63, 3.8) is 0 Å². The maximum Gasteiger partial charge on any atom is 0.436 e. The van der Waals surface area contributed by atoms with Gasteiger partial charge in [-0.2, -0.15) is 18.4 Å². The summed E-state index contributed by atoms with van der Waals surface area (Å²) in [5, 5.41) is 25.1. The minimum atomic E-state index is -4.68. The van der Waals surface area contributed by atoms with Crippen LogP contribution < -0.4 is 0 Å². The van der Waals surface area contributed by atoms with Crippen molar-refractivity contribution in [1.29, 1.82) is 5.26 Å². The monoisotopic (exact) mass is 391 g/mol. The number of nitrogens with zero attached hydrogens (tertiary/aromatic N) is 3. The van der Waals surface area contributed by atoms with Gasteiger partial charge >= 0.3 is 6.18 Å². The minimum absolute atomic E-state index is 0.0631. The molecule has 0 saturated carbocycles. The second-order valence-electron chi connectivity index (χ2n) is 3.75. The van der Waals surface area contributed by atoms with Crippen molar-refractivity contribution in [2.45, 2.75) is 6.18 Å². The number of hydrogen-bond acceptors (Lipinski definition) is 4. The lowest BCUT2D eigenvalue weighted by Gasteiger charge is -2.11. The Morgan fingerprint density at radius 3 is 2.25 bits per heavy atom. The molecule has 0 saturated heterocycles. The third-order valence-electron chi connectivity index (χ3n) is 2.45. The Morgan fingerprint density at radius 1 is 1.15 bits per heavy atom. The summed E-state index contributed by atoms with van der Waals surface area (Å²) in [6.07, 6.45) is -4.68. The number of aromatic nitrogens is 2. The van der Waals surface area contributed by atoms with Gasteiger partial charge in [0.1, 0.15) is 5.69 Å². The van der Waals surface area contributed by atoms with Gasteiger partial charge in [-0.15, -0.1) is 10.2 Å². The molecule has 0 spiro atoms. The van der Waals surface area contributed by atoms with Crippen LogP contribution in [0.3, 0.4) is 0 Å². The standard InChI is InChI=1S/C12H5F3IN3O/c13-12(14,15)11-8(16)10(20)9(18-19-11)7-3-1-6(5-17)2-4-7/h1-4H,(H,19,20). The van der Waals surface area contributed by atoms with Crippen LogP contribution in [0.2, 0.25) is 0 Å². The summed E-state index contributed by atoms with van der Waals surface area (Å²) < 4.78 is 37.4. The van der Waals surface area contributed by atoms with E-state index in [4.69, 9.17) is 5.26 Å². The van der Waals surface area contributed by atoms with E-state index in [1.807, 2.05) is 6.07 Å². The van der Waals surface area contributed by atoms with E-state index in [2.05, 4.69) is 10.2 Å². The molecule has 0 aliphatic carbocycles. The highest BCUT2D eigenvalue weighted by molar-refractivity contribution is 14.1. The van der Waals surface area contributed by atoms with Gasteiger partial charge in [0.25, 0.3) is 0 Å². The molecule has 102 valence electrons. The van der Waals surface area contributed by atoms with Crippen LogP contribution >= 0.6 is 22.6 Å². The van der Waals surface area contributed by atoms with Gasteiger partial charge in [0, 0.05) is 5.56 Å². The summed E-state index contributed by atoms with van der Waals surface area (Å²) in [6.45, 7) is 0.